The Bertz CT molecular complexity index is 569. The summed E-state index contributed by atoms with van der Waals surface area (Å²) >= 11 is 0. The lowest BCUT2D eigenvalue weighted by molar-refractivity contribution is 0.147. The molecule has 0 saturated carbocycles. The molecule has 18 heavy (non-hydrogen) atoms. The first kappa shape index (κ1) is 12.4. The SMILES string of the molecule is Cc1cc(-c2noc(CN)n2)c(O)c(C(F)F)c1. The molecule has 1 aromatic heterocycles. The average molecular weight is 255 g/mol. The van der Waals surface area contributed by atoms with Gasteiger partial charge in [-0.2, -0.15) is 4.98 Å². The summed E-state index contributed by atoms with van der Waals surface area (Å²) in [5.74, 6) is -0.331. The van der Waals surface area contributed by atoms with Gasteiger partial charge in [-0.3, -0.25) is 0 Å². The fraction of sp³-hybridized carbons (Fsp3) is 0.273. The van der Waals surface area contributed by atoms with Gasteiger partial charge in [-0.15, -0.1) is 0 Å². The number of halogens is 2. The molecule has 0 spiro atoms. The van der Waals surface area contributed by atoms with Crippen molar-refractivity contribution in [2.75, 3.05) is 0 Å². The van der Waals surface area contributed by atoms with E-state index in [0.29, 0.717) is 5.56 Å². The van der Waals surface area contributed by atoms with Crippen molar-refractivity contribution in [3.8, 4) is 17.1 Å². The minimum atomic E-state index is -2.77. The minimum absolute atomic E-state index is 0.0403. The number of benzene rings is 1. The molecule has 0 bridgehead atoms. The van der Waals surface area contributed by atoms with E-state index in [-0.39, 0.29) is 23.8 Å². The lowest BCUT2D eigenvalue weighted by Gasteiger charge is -2.08. The molecule has 1 heterocycles. The van der Waals surface area contributed by atoms with Crippen LogP contribution in [0.3, 0.4) is 0 Å². The number of hydrogen-bond donors (Lipinski definition) is 2. The highest BCUT2D eigenvalue weighted by molar-refractivity contribution is 5.67. The standard InChI is InChI=1S/C11H11F2N3O2/c1-5-2-6(10(12)13)9(17)7(3-5)11-15-8(4-14)18-16-11/h2-3,10,17H,4,14H2,1H3. The van der Waals surface area contributed by atoms with Crippen LogP contribution in [0.5, 0.6) is 5.75 Å². The van der Waals surface area contributed by atoms with Gasteiger partial charge in [0, 0.05) is 0 Å². The molecule has 5 nitrogen and oxygen atoms in total. The van der Waals surface area contributed by atoms with Gasteiger partial charge in [0.15, 0.2) is 0 Å². The van der Waals surface area contributed by atoms with Gasteiger partial charge in [-0.25, -0.2) is 8.78 Å². The molecular weight excluding hydrogens is 244 g/mol. The van der Waals surface area contributed by atoms with Gasteiger partial charge in [0.25, 0.3) is 6.43 Å². The van der Waals surface area contributed by atoms with Gasteiger partial charge in [0.1, 0.15) is 5.75 Å². The highest BCUT2D eigenvalue weighted by Gasteiger charge is 2.20. The van der Waals surface area contributed by atoms with Gasteiger partial charge in [0.2, 0.25) is 11.7 Å². The van der Waals surface area contributed by atoms with Crippen LogP contribution in [0.1, 0.15) is 23.4 Å². The molecule has 0 saturated heterocycles. The van der Waals surface area contributed by atoms with E-state index in [1.807, 2.05) is 0 Å². The Kier molecular flexibility index (Phi) is 3.24. The molecule has 0 amide bonds. The molecule has 0 atom stereocenters. The van der Waals surface area contributed by atoms with E-state index in [0.717, 1.165) is 0 Å². The maximum absolute atomic E-state index is 12.7. The zero-order valence-electron chi connectivity index (χ0n) is 9.52. The third-order valence-corrected chi connectivity index (χ3v) is 2.40. The van der Waals surface area contributed by atoms with Gasteiger partial charge in [0.05, 0.1) is 17.7 Å². The van der Waals surface area contributed by atoms with E-state index in [1.54, 1.807) is 6.92 Å². The van der Waals surface area contributed by atoms with Gasteiger partial charge in [-0.05, 0) is 24.6 Å². The van der Waals surface area contributed by atoms with E-state index in [4.69, 9.17) is 10.3 Å². The molecule has 0 unspecified atom stereocenters. The van der Waals surface area contributed by atoms with Crippen molar-refractivity contribution < 1.29 is 18.4 Å². The molecule has 0 aliphatic carbocycles. The molecule has 2 aromatic rings. The Morgan fingerprint density at radius 1 is 1.44 bits per heavy atom. The Hall–Kier alpha value is -2.02. The lowest BCUT2D eigenvalue weighted by atomic mass is 10.0. The summed E-state index contributed by atoms with van der Waals surface area (Å²) in [6.07, 6.45) is -2.77. The number of aromatic hydroxyl groups is 1. The number of phenols is 1. The Morgan fingerprint density at radius 2 is 2.17 bits per heavy atom. The fourth-order valence-electron chi connectivity index (χ4n) is 1.59. The molecular formula is C11H11F2N3O2. The number of nitrogens with two attached hydrogens (primary N) is 1. The molecule has 0 radical (unpaired) electrons. The van der Waals surface area contributed by atoms with Crippen LogP contribution in [0.2, 0.25) is 0 Å². The van der Waals surface area contributed by atoms with Crippen LogP contribution in [-0.4, -0.2) is 15.2 Å². The van der Waals surface area contributed by atoms with E-state index in [2.05, 4.69) is 10.1 Å². The molecule has 3 N–H and O–H groups in total. The monoisotopic (exact) mass is 255 g/mol. The van der Waals surface area contributed by atoms with E-state index >= 15 is 0 Å². The number of phenolic OH excluding ortho intramolecular Hbond substituents is 1. The highest BCUT2D eigenvalue weighted by atomic mass is 19.3. The van der Waals surface area contributed by atoms with E-state index in [1.165, 1.54) is 12.1 Å². The number of alkyl halides is 2. The van der Waals surface area contributed by atoms with Crippen molar-refractivity contribution in [3.05, 3.63) is 29.2 Å². The first-order valence-electron chi connectivity index (χ1n) is 5.17. The predicted octanol–water partition coefficient (Wildman–Crippen LogP) is 2.15. The van der Waals surface area contributed by atoms with Gasteiger partial charge < -0.3 is 15.4 Å². The number of nitrogens with zero attached hydrogens (tertiary/aromatic N) is 2. The number of aromatic nitrogens is 2. The second kappa shape index (κ2) is 4.69. The van der Waals surface area contributed by atoms with Gasteiger partial charge >= 0.3 is 0 Å². The van der Waals surface area contributed by atoms with Crippen molar-refractivity contribution in [3.63, 3.8) is 0 Å². The zero-order chi connectivity index (χ0) is 13.3. The van der Waals surface area contributed by atoms with Crippen LogP contribution in [0, 0.1) is 6.92 Å². The summed E-state index contributed by atoms with van der Waals surface area (Å²) in [6.45, 7) is 1.68. The Labute approximate surface area is 101 Å². The number of rotatable bonds is 3. The second-order valence-electron chi connectivity index (χ2n) is 3.77. The van der Waals surface area contributed by atoms with Gasteiger partial charge in [-0.1, -0.05) is 5.16 Å². The predicted molar refractivity (Wildman–Crippen MR) is 59.0 cm³/mol. The van der Waals surface area contributed by atoms with E-state index in [9.17, 15) is 13.9 Å². The summed E-state index contributed by atoms with van der Waals surface area (Å²) in [5, 5.41) is 13.4. The molecule has 96 valence electrons. The number of aryl methyl sites for hydroxylation is 1. The maximum atomic E-state index is 12.7. The quantitative estimate of drug-likeness (QED) is 0.877. The largest absolute Gasteiger partial charge is 0.507 e. The molecule has 0 aliphatic rings. The third kappa shape index (κ3) is 2.17. The third-order valence-electron chi connectivity index (χ3n) is 2.40. The Balaban J connectivity index is 2.56. The number of hydrogen-bond acceptors (Lipinski definition) is 5. The van der Waals surface area contributed by atoms with Crippen molar-refractivity contribution >= 4 is 0 Å². The smallest absolute Gasteiger partial charge is 0.267 e. The minimum Gasteiger partial charge on any atom is -0.507 e. The molecule has 2 rings (SSSR count). The van der Waals surface area contributed by atoms with Crippen LogP contribution in [-0.2, 0) is 6.54 Å². The summed E-state index contributed by atoms with van der Waals surface area (Å²) in [5.41, 5.74) is 5.53. The van der Waals surface area contributed by atoms with Crippen LogP contribution in [0.4, 0.5) is 8.78 Å². The summed E-state index contributed by atoms with van der Waals surface area (Å²) in [6, 6.07) is 2.72. The lowest BCUT2D eigenvalue weighted by Crippen LogP contribution is -1.96. The van der Waals surface area contributed by atoms with E-state index < -0.39 is 17.7 Å². The van der Waals surface area contributed by atoms with Crippen LogP contribution in [0.25, 0.3) is 11.4 Å². The molecule has 0 fully saturated rings. The summed E-state index contributed by atoms with van der Waals surface area (Å²) in [4.78, 5) is 3.89. The van der Waals surface area contributed by atoms with Crippen LogP contribution < -0.4 is 5.73 Å². The topological polar surface area (TPSA) is 85.2 Å². The molecule has 1 aromatic carbocycles. The highest BCUT2D eigenvalue weighted by Crippen LogP contribution is 2.36. The summed E-state index contributed by atoms with van der Waals surface area (Å²) < 4.78 is 30.2. The van der Waals surface area contributed by atoms with Crippen molar-refractivity contribution in [1.29, 1.82) is 0 Å². The van der Waals surface area contributed by atoms with Crippen LogP contribution in [0.15, 0.2) is 16.7 Å². The first-order valence-corrected chi connectivity index (χ1v) is 5.17. The Morgan fingerprint density at radius 3 is 2.72 bits per heavy atom. The van der Waals surface area contributed by atoms with Crippen molar-refractivity contribution in [2.24, 2.45) is 5.73 Å². The van der Waals surface area contributed by atoms with Crippen molar-refractivity contribution in [2.45, 2.75) is 19.9 Å². The van der Waals surface area contributed by atoms with Crippen LogP contribution >= 0.6 is 0 Å². The normalized spacial score (nSPS) is 11.2. The molecule has 7 heteroatoms. The molecule has 0 aliphatic heterocycles. The van der Waals surface area contributed by atoms with Crippen molar-refractivity contribution in [1.82, 2.24) is 10.1 Å². The summed E-state index contributed by atoms with van der Waals surface area (Å²) in [7, 11) is 0. The first-order chi connectivity index (χ1) is 8.52. The zero-order valence-corrected chi connectivity index (χ0v) is 9.52. The maximum Gasteiger partial charge on any atom is 0.267 e. The fourth-order valence-corrected chi connectivity index (χ4v) is 1.59. The average Bonchev–Trinajstić information content (AvgIpc) is 2.79. The second-order valence-corrected chi connectivity index (χ2v) is 3.77.